The van der Waals surface area contributed by atoms with Crippen molar-refractivity contribution >= 4 is 18.2 Å². The number of carbonyl (C=O) groups excluding carboxylic acids is 1. The van der Waals surface area contributed by atoms with E-state index < -0.39 is 0 Å². The Morgan fingerprint density at radius 3 is 2.62 bits per heavy atom. The van der Waals surface area contributed by atoms with E-state index in [4.69, 9.17) is 0 Å². The maximum atomic E-state index is 10.8. The molecule has 0 aromatic heterocycles. The van der Waals surface area contributed by atoms with Gasteiger partial charge in [0.25, 0.3) is 0 Å². The van der Waals surface area contributed by atoms with Crippen molar-refractivity contribution in [1.82, 2.24) is 10.0 Å². The molecule has 0 saturated heterocycles. The lowest BCUT2D eigenvalue weighted by atomic mass is 9.87. The Labute approximate surface area is 200 Å². The van der Waals surface area contributed by atoms with E-state index >= 15 is 0 Å². The average molecular weight is 455 g/mol. The summed E-state index contributed by atoms with van der Waals surface area (Å²) in [5.74, 6) is 1.11. The highest BCUT2D eigenvalue weighted by atomic mass is 32.2. The van der Waals surface area contributed by atoms with E-state index in [1.165, 1.54) is 35.2 Å². The maximum absolute atomic E-state index is 10.8. The van der Waals surface area contributed by atoms with Crippen molar-refractivity contribution in [2.45, 2.75) is 89.9 Å². The molecule has 0 amide bonds. The summed E-state index contributed by atoms with van der Waals surface area (Å²) in [5.41, 5.74) is 5.40. The number of benzene rings is 1. The van der Waals surface area contributed by atoms with Gasteiger partial charge in [-0.25, -0.2) is 0 Å². The molecule has 2 aliphatic rings. The third-order valence-electron chi connectivity index (χ3n) is 6.08. The normalized spacial score (nSPS) is 23.2. The quantitative estimate of drug-likeness (QED) is 0.238. The molecular weight excluding hydrogens is 412 g/mol. The monoisotopic (exact) mass is 454 g/mol. The summed E-state index contributed by atoms with van der Waals surface area (Å²) in [4.78, 5) is 10.8. The molecule has 2 N–H and O–H groups in total. The van der Waals surface area contributed by atoms with Gasteiger partial charge in [-0.1, -0.05) is 88.2 Å². The molecule has 3 nitrogen and oxygen atoms in total. The largest absolute Gasteiger partial charge is 0.381 e. The number of carbonyl (C=O) groups is 1. The first kappa shape index (κ1) is 26.5. The van der Waals surface area contributed by atoms with Crippen molar-refractivity contribution < 1.29 is 4.79 Å². The first-order chi connectivity index (χ1) is 15.6. The van der Waals surface area contributed by atoms with E-state index in [1.807, 2.05) is 25.8 Å². The number of aldehydes is 1. The van der Waals surface area contributed by atoms with Crippen LogP contribution >= 0.6 is 11.9 Å². The molecule has 1 aromatic carbocycles. The molecule has 0 saturated carbocycles. The second-order valence-corrected chi connectivity index (χ2v) is 9.67. The van der Waals surface area contributed by atoms with Gasteiger partial charge >= 0.3 is 0 Å². The van der Waals surface area contributed by atoms with Crippen LogP contribution in [0.25, 0.3) is 0 Å². The Balaban J connectivity index is 0.00000176. The highest BCUT2D eigenvalue weighted by molar-refractivity contribution is 7.98. The minimum Gasteiger partial charge on any atom is -0.381 e. The fourth-order valence-corrected chi connectivity index (χ4v) is 5.36. The fourth-order valence-electron chi connectivity index (χ4n) is 4.36. The maximum Gasteiger partial charge on any atom is 0.139 e. The molecule has 2 unspecified atom stereocenters. The molecule has 3 atom stereocenters. The summed E-state index contributed by atoms with van der Waals surface area (Å²) in [7, 11) is 0. The van der Waals surface area contributed by atoms with Gasteiger partial charge in [-0.3, -0.25) is 4.72 Å². The molecule has 176 valence electrons. The molecule has 32 heavy (non-hydrogen) atoms. The lowest BCUT2D eigenvalue weighted by Crippen LogP contribution is -2.33. The molecule has 2 aliphatic carbocycles. The summed E-state index contributed by atoms with van der Waals surface area (Å²) in [6.45, 7) is 11.0. The Hall–Kier alpha value is -1.78. The van der Waals surface area contributed by atoms with Crippen molar-refractivity contribution in [3.63, 3.8) is 0 Å². The predicted octanol–water partition coefficient (Wildman–Crippen LogP) is 7.05. The Bertz CT molecular complexity index is 796. The Kier molecular flexibility index (Phi) is 11.9. The van der Waals surface area contributed by atoms with E-state index in [2.05, 4.69) is 79.4 Å². The van der Waals surface area contributed by atoms with Gasteiger partial charge in [0.05, 0.1) is 6.54 Å². The Morgan fingerprint density at radius 1 is 1.16 bits per heavy atom. The molecule has 0 aliphatic heterocycles. The van der Waals surface area contributed by atoms with E-state index in [9.17, 15) is 4.79 Å². The number of hydrogen-bond acceptors (Lipinski definition) is 4. The third kappa shape index (κ3) is 7.67. The number of rotatable bonds is 9. The molecule has 1 aromatic rings. The van der Waals surface area contributed by atoms with Crippen LogP contribution in [0.3, 0.4) is 0 Å². The van der Waals surface area contributed by atoms with E-state index in [0.717, 1.165) is 25.5 Å². The van der Waals surface area contributed by atoms with E-state index in [-0.39, 0.29) is 0 Å². The van der Waals surface area contributed by atoms with Gasteiger partial charge in [0, 0.05) is 22.9 Å². The van der Waals surface area contributed by atoms with Gasteiger partial charge in [0.15, 0.2) is 0 Å². The van der Waals surface area contributed by atoms with Crippen LogP contribution in [0.2, 0.25) is 0 Å². The minimum atomic E-state index is 0.336. The van der Waals surface area contributed by atoms with Gasteiger partial charge < -0.3 is 10.1 Å². The molecular formula is C28H42N2OS. The first-order valence-electron chi connectivity index (χ1n) is 12.3. The lowest BCUT2D eigenvalue weighted by Gasteiger charge is -2.30. The van der Waals surface area contributed by atoms with Gasteiger partial charge in [-0.15, -0.1) is 0 Å². The Morgan fingerprint density at radius 2 is 1.97 bits per heavy atom. The summed E-state index contributed by atoms with van der Waals surface area (Å²) in [5, 5.41) is 3.82. The zero-order valence-corrected chi connectivity index (χ0v) is 21.4. The number of allylic oxidation sites excluding steroid dienone is 3. The van der Waals surface area contributed by atoms with E-state index in [0.29, 0.717) is 29.7 Å². The topological polar surface area (TPSA) is 41.1 Å². The lowest BCUT2D eigenvalue weighted by molar-refractivity contribution is -0.107. The standard InChI is InChI=1S/C26H36N2OS.C2H6/c1-4-7-24-25(27-16-17-29)10-6-11-26(24)28-30-23-14-12-20(13-15-23)22-9-5-8-21(18-22)19(2)3;1-2/h4-5,7-9,12,14,17-20,23,26-28H,6,10-11,13,15-16H2,1-3H3;1-2H3/b7-4-;/t20?,23?,26-;/m1./s1. The summed E-state index contributed by atoms with van der Waals surface area (Å²) in [6, 6.07) is 9.44. The van der Waals surface area contributed by atoms with Gasteiger partial charge in [0.1, 0.15) is 6.29 Å². The number of hydrogen-bond donors (Lipinski definition) is 2. The van der Waals surface area contributed by atoms with Crippen LogP contribution in [-0.4, -0.2) is 24.1 Å². The minimum absolute atomic E-state index is 0.336. The van der Waals surface area contributed by atoms with Crippen LogP contribution in [0.5, 0.6) is 0 Å². The fraction of sp³-hybridized carbons (Fsp3) is 0.536. The second kappa shape index (κ2) is 14.4. The van der Waals surface area contributed by atoms with Crippen LogP contribution in [-0.2, 0) is 4.79 Å². The third-order valence-corrected chi connectivity index (χ3v) is 7.19. The molecule has 4 heteroatoms. The zero-order valence-electron chi connectivity index (χ0n) is 20.6. The van der Waals surface area contributed by atoms with Gasteiger partial charge in [-0.05, 0) is 61.6 Å². The van der Waals surface area contributed by atoms with Gasteiger partial charge in [0.2, 0.25) is 0 Å². The highest BCUT2D eigenvalue weighted by Crippen LogP contribution is 2.34. The number of nitrogens with one attached hydrogen (secondary N) is 2. The van der Waals surface area contributed by atoms with Crippen molar-refractivity contribution in [3.05, 3.63) is 71.0 Å². The van der Waals surface area contributed by atoms with Gasteiger partial charge in [-0.2, -0.15) is 0 Å². The molecule has 3 rings (SSSR count). The average Bonchev–Trinajstić information content (AvgIpc) is 2.84. The second-order valence-electron chi connectivity index (χ2n) is 8.59. The molecule has 0 spiro atoms. The highest BCUT2D eigenvalue weighted by Gasteiger charge is 2.24. The smallest absolute Gasteiger partial charge is 0.139 e. The van der Waals surface area contributed by atoms with Crippen molar-refractivity contribution in [3.8, 4) is 0 Å². The van der Waals surface area contributed by atoms with Crippen molar-refractivity contribution in [1.29, 1.82) is 0 Å². The van der Waals surface area contributed by atoms with Crippen molar-refractivity contribution in [2.75, 3.05) is 6.54 Å². The molecule has 0 heterocycles. The SMILES string of the molecule is C/C=C\C1=C(NCC=O)CCC[C@H]1NSC1C=CC(c2cccc(C(C)C)c2)CC1.CC. The summed E-state index contributed by atoms with van der Waals surface area (Å²) in [6.07, 6.45) is 15.7. The molecule has 0 bridgehead atoms. The summed E-state index contributed by atoms with van der Waals surface area (Å²) >= 11 is 1.86. The molecule has 0 fully saturated rings. The van der Waals surface area contributed by atoms with Crippen molar-refractivity contribution in [2.24, 2.45) is 0 Å². The van der Waals surface area contributed by atoms with Crippen LogP contribution < -0.4 is 10.0 Å². The molecule has 0 radical (unpaired) electrons. The van der Waals surface area contributed by atoms with Crippen LogP contribution in [0, 0.1) is 0 Å². The van der Waals surface area contributed by atoms with Crippen LogP contribution in [0.15, 0.2) is 59.8 Å². The van der Waals surface area contributed by atoms with Crippen LogP contribution in [0.4, 0.5) is 0 Å². The summed E-state index contributed by atoms with van der Waals surface area (Å²) < 4.78 is 3.74. The van der Waals surface area contributed by atoms with Crippen LogP contribution in [0.1, 0.15) is 89.7 Å². The zero-order chi connectivity index (χ0) is 23.3. The predicted molar refractivity (Wildman–Crippen MR) is 141 cm³/mol. The first-order valence-corrected chi connectivity index (χ1v) is 13.2. The van der Waals surface area contributed by atoms with E-state index in [1.54, 1.807) is 0 Å².